The highest BCUT2D eigenvalue weighted by Crippen LogP contribution is 2.27. The predicted octanol–water partition coefficient (Wildman–Crippen LogP) is 3.65. The van der Waals surface area contributed by atoms with Crippen molar-refractivity contribution in [1.82, 2.24) is 9.29 Å². The molecule has 1 aliphatic rings. The number of aryl methyl sites for hydroxylation is 1. The van der Waals surface area contributed by atoms with Crippen LogP contribution in [-0.2, 0) is 16.4 Å². The summed E-state index contributed by atoms with van der Waals surface area (Å²) in [5.74, 6) is 0.916. The van der Waals surface area contributed by atoms with Crippen LogP contribution in [-0.4, -0.2) is 42.7 Å². The molecule has 6 heteroatoms. The van der Waals surface area contributed by atoms with E-state index in [2.05, 4.69) is 4.98 Å². The summed E-state index contributed by atoms with van der Waals surface area (Å²) in [5, 5.41) is 1.04. The molecular formula is C22H24N2O3S. The summed E-state index contributed by atoms with van der Waals surface area (Å²) in [6, 6.07) is 19.6. The minimum Gasteiger partial charge on any atom is -0.488 e. The van der Waals surface area contributed by atoms with Crippen molar-refractivity contribution < 1.29 is 13.2 Å². The Morgan fingerprint density at radius 2 is 1.71 bits per heavy atom. The normalized spacial score (nSPS) is 16.3. The third-order valence-corrected chi connectivity index (χ3v) is 7.05. The van der Waals surface area contributed by atoms with Crippen molar-refractivity contribution >= 4 is 20.9 Å². The Labute approximate surface area is 166 Å². The molecular weight excluding hydrogens is 372 g/mol. The van der Waals surface area contributed by atoms with Crippen molar-refractivity contribution in [3.8, 4) is 5.75 Å². The Balaban J connectivity index is 1.35. The standard InChI is InChI=1S/C22H24N2O3S/c25-28(26,17-13-18-6-2-1-3-7-18)24-15-11-20(12-16-24)27-21-10-4-8-19-9-5-14-23-22(19)21/h1-10,14,20H,11-13,15-17H2. The summed E-state index contributed by atoms with van der Waals surface area (Å²) in [6.45, 7) is 1.000. The Morgan fingerprint density at radius 3 is 2.50 bits per heavy atom. The molecule has 1 aromatic heterocycles. The lowest BCUT2D eigenvalue weighted by atomic mass is 10.1. The molecule has 2 aromatic carbocycles. The molecule has 0 N–H and O–H groups in total. The Kier molecular flexibility index (Phi) is 5.59. The number of rotatable bonds is 6. The molecule has 146 valence electrons. The van der Waals surface area contributed by atoms with Gasteiger partial charge in [0.1, 0.15) is 17.4 Å². The second-order valence-electron chi connectivity index (χ2n) is 7.10. The number of sulfonamides is 1. The first-order valence-electron chi connectivity index (χ1n) is 9.64. The van der Waals surface area contributed by atoms with Crippen LogP contribution in [0.3, 0.4) is 0 Å². The van der Waals surface area contributed by atoms with Gasteiger partial charge in [-0.25, -0.2) is 12.7 Å². The first-order valence-corrected chi connectivity index (χ1v) is 11.2. The van der Waals surface area contributed by atoms with Crippen molar-refractivity contribution in [1.29, 1.82) is 0 Å². The molecule has 0 unspecified atom stereocenters. The second-order valence-corrected chi connectivity index (χ2v) is 9.19. The number of piperidine rings is 1. The molecule has 4 rings (SSSR count). The van der Waals surface area contributed by atoms with Gasteiger partial charge in [0, 0.05) is 24.7 Å². The molecule has 0 aliphatic carbocycles. The van der Waals surface area contributed by atoms with Gasteiger partial charge in [0.25, 0.3) is 0 Å². The number of fused-ring (bicyclic) bond motifs is 1. The van der Waals surface area contributed by atoms with Crippen molar-refractivity contribution in [3.05, 3.63) is 72.4 Å². The first kappa shape index (κ1) is 18.9. The highest BCUT2D eigenvalue weighted by Gasteiger charge is 2.28. The molecule has 0 amide bonds. The van der Waals surface area contributed by atoms with Gasteiger partial charge in [-0.1, -0.05) is 48.5 Å². The summed E-state index contributed by atoms with van der Waals surface area (Å²) in [5.41, 5.74) is 1.90. The van der Waals surface area contributed by atoms with E-state index in [-0.39, 0.29) is 11.9 Å². The maximum atomic E-state index is 12.7. The minimum absolute atomic E-state index is 0.00757. The largest absolute Gasteiger partial charge is 0.488 e. The quantitative estimate of drug-likeness (QED) is 0.638. The minimum atomic E-state index is -3.25. The van der Waals surface area contributed by atoms with Crippen LogP contribution < -0.4 is 4.74 Å². The lowest BCUT2D eigenvalue weighted by molar-refractivity contribution is 0.136. The fraction of sp³-hybridized carbons (Fsp3) is 0.318. The maximum Gasteiger partial charge on any atom is 0.214 e. The van der Waals surface area contributed by atoms with Gasteiger partial charge < -0.3 is 4.74 Å². The number of nitrogens with zero attached hydrogens (tertiary/aromatic N) is 2. The van der Waals surface area contributed by atoms with Gasteiger partial charge in [-0.2, -0.15) is 0 Å². The number of pyridine rings is 1. The molecule has 2 heterocycles. The summed E-state index contributed by atoms with van der Waals surface area (Å²) in [4.78, 5) is 4.42. The summed E-state index contributed by atoms with van der Waals surface area (Å²) in [6.07, 6.45) is 3.69. The van der Waals surface area contributed by atoms with E-state index in [0.717, 1.165) is 22.2 Å². The van der Waals surface area contributed by atoms with E-state index in [1.54, 1.807) is 10.5 Å². The summed E-state index contributed by atoms with van der Waals surface area (Å²) in [7, 11) is -3.25. The van der Waals surface area contributed by atoms with Crippen molar-refractivity contribution in [2.24, 2.45) is 0 Å². The van der Waals surface area contributed by atoms with E-state index in [9.17, 15) is 8.42 Å². The van der Waals surface area contributed by atoms with Gasteiger partial charge in [0.2, 0.25) is 10.0 Å². The van der Waals surface area contributed by atoms with Crippen LogP contribution in [0.15, 0.2) is 66.9 Å². The number of hydrogen-bond donors (Lipinski definition) is 0. The van der Waals surface area contributed by atoms with Gasteiger partial charge in [-0.05, 0) is 37.0 Å². The van der Waals surface area contributed by atoms with E-state index in [1.807, 2.05) is 60.7 Å². The molecule has 0 spiro atoms. The summed E-state index contributed by atoms with van der Waals surface area (Å²) < 4.78 is 33.1. The highest BCUT2D eigenvalue weighted by molar-refractivity contribution is 7.89. The fourth-order valence-corrected chi connectivity index (χ4v) is 5.12. The van der Waals surface area contributed by atoms with Gasteiger partial charge >= 0.3 is 0 Å². The average molecular weight is 397 g/mol. The zero-order chi connectivity index (χ0) is 19.4. The molecule has 1 fully saturated rings. The lowest BCUT2D eigenvalue weighted by Crippen LogP contribution is -2.43. The van der Waals surface area contributed by atoms with E-state index < -0.39 is 10.0 Å². The van der Waals surface area contributed by atoms with Crippen LogP contribution in [0, 0.1) is 0 Å². The van der Waals surface area contributed by atoms with Crippen LogP contribution in [0.5, 0.6) is 5.75 Å². The van der Waals surface area contributed by atoms with Crippen LogP contribution >= 0.6 is 0 Å². The molecule has 1 saturated heterocycles. The fourth-order valence-electron chi connectivity index (χ4n) is 3.60. The zero-order valence-electron chi connectivity index (χ0n) is 15.7. The first-order chi connectivity index (χ1) is 13.6. The van der Waals surface area contributed by atoms with Crippen molar-refractivity contribution in [2.45, 2.75) is 25.4 Å². The number of hydrogen-bond acceptors (Lipinski definition) is 4. The van der Waals surface area contributed by atoms with E-state index in [4.69, 9.17) is 4.74 Å². The summed E-state index contributed by atoms with van der Waals surface area (Å²) >= 11 is 0. The average Bonchev–Trinajstić information content (AvgIpc) is 2.74. The van der Waals surface area contributed by atoms with Crippen LogP contribution in [0.4, 0.5) is 0 Å². The third kappa shape index (κ3) is 4.34. The van der Waals surface area contributed by atoms with Gasteiger partial charge in [-0.3, -0.25) is 4.98 Å². The number of ether oxygens (including phenoxy) is 1. The van der Waals surface area contributed by atoms with Crippen LogP contribution in [0.2, 0.25) is 0 Å². The molecule has 28 heavy (non-hydrogen) atoms. The topological polar surface area (TPSA) is 59.5 Å². The van der Waals surface area contributed by atoms with E-state index in [0.29, 0.717) is 32.4 Å². The molecule has 0 radical (unpaired) electrons. The smallest absolute Gasteiger partial charge is 0.214 e. The van der Waals surface area contributed by atoms with E-state index in [1.165, 1.54) is 0 Å². The zero-order valence-corrected chi connectivity index (χ0v) is 16.5. The van der Waals surface area contributed by atoms with Crippen molar-refractivity contribution in [2.75, 3.05) is 18.8 Å². The molecule has 0 saturated carbocycles. The third-order valence-electron chi connectivity index (χ3n) is 5.18. The van der Waals surface area contributed by atoms with E-state index >= 15 is 0 Å². The molecule has 1 aliphatic heterocycles. The van der Waals surface area contributed by atoms with Gasteiger partial charge in [0.05, 0.1) is 5.75 Å². The molecule has 0 bridgehead atoms. The molecule has 3 aromatic rings. The van der Waals surface area contributed by atoms with Gasteiger partial charge in [0.15, 0.2) is 0 Å². The number of para-hydroxylation sites is 1. The molecule has 0 atom stereocenters. The Bertz CT molecular complexity index is 1020. The highest BCUT2D eigenvalue weighted by atomic mass is 32.2. The van der Waals surface area contributed by atoms with Crippen molar-refractivity contribution in [3.63, 3.8) is 0 Å². The monoisotopic (exact) mass is 396 g/mol. The SMILES string of the molecule is O=S(=O)(CCc1ccccc1)N1CCC(Oc2cccc3cccnc23)CC1. The lowest BCUT2D eigenvalue weighted by Gasteiger charge is -2.31. The maximum absolute atomic E-state index is 12.7. The number of benzene rings is 2. The van der Waals surface area contributed by atoms with Gasteiger partial charge in [-0.15, -0.1) is 0 Å². The van der Waals surface area contributed by atoms with Crippen LogP contribution in [0.25, 0.3) is 10.9 Å². The van der Waals surface area contributed by atoms with Crippen LogP contribution in [0.1, 0.15) is 18.4 Å². The second kappa shape index (κ2) is 8.29. The number of aromatic nitrogens is 1. The molecule has 5 nitrogen and oxygen atoms in total. The predicted molar refractivity (Wildman–Crippen MR) is 111 cm³/mol. The Hall–Kier alpha value is -2.44. The Morgan fingerprint density at radius 1 is 0.964 bits per heavy atom.